The predicted molar refractivity (Wildman–Crippen MR) is 149 cm³/mol. The molecule has 1 N–H and O–H groups in total. The lowest BCUT2D eigenvalue weighted by Gasteiger charge is -2.37. The van der Waals surface area contributed by atoms with E-state index in [1.807, 2.05) is 24.3 Å². The fraction of sp³-hybridized carbons (Fsp3) is 0.467. The Labute approximate surface area is 225 Å². The number of pyridine rings is 2. The van der Waals surface area contributed by atoms with E-state index in [4.69, 9.17) is 16.6 Å². The number of piperazine rings is 1. The molecular formula is C30H37ClFN5. The number of aromatic nitrogens is 2. The van der Waals surface area contributed by atoms with Crippen LogP contribution in [-0.2, 0) is 13.0 Å². The van der Waals surface area contributed by atoms with Crippen LogP contribution < -0.4 is 5.32 Å². The Morgan fingerprint density at radius 3 is 2.51 bits per heavy atom. The van der Waals surface area contributed by atoms with E-state index in [9.17, 15) is 4.39 Å². The molecule has 3 aromatic rings. The molecule has 1 saturated carbocycles. The van der Waals surface area contributed by atoms with Gasteiger partial charge in [0.25, 0.3) is 0 Å². The zero-order valence-electron chi connectivity index (χ0n) is 21.7. The molecule has 0 amide bonds. The van der Waals surface area contributed by atoms with Gasteiger partial charge >= 0.3 is 0 Å². The molecule has 0 spiro atoms. The molecule has 1 aromatic carbocycles. The first-order chi connectivity index (χ1) is 18.0. The molecule has 7 heteroatoms. The smallest absolute Gasteiger partial charge is 0.126 e. The van der Waals surface area contributed by atoms with Crippen LogP contribution in [0.4, 0.5) is 10.2 Å². The summed E-state index contributed by atoms with van der Waals surface area (Å²) >= 11 is 6.56. The van der Waals surface area contributed by atoms with Gasteiger partial charge in [-0.3, -0.25) is 4.98 Å². The quantitative estimate of drug-likeness (QED) is 0.385. The van der Waals surface area contributed by atoms with Crippen LogP contribution in [0.1, 0.15) is 36.9 Å². The van der Waals surface area contributed by atoms with Crippen molar-refractivity contribution in [3.63, 3.8) is 0 Å². The predicted octanol–water partition coefficient (Wildman–Crippen LogP) is 6.14. The van der Waals surface area contributed by atoms with Crippen LogP contribution in [0, 0.1) is 17.7 Å². The Hall–Kier alpha value is -2.54. The summed E-state index contributed by atoms with van der Waals surface area (Å²) in [5.74, 6) is 2.01. The van der Waals surface area contributed by atoms with E-state index in [0.717, 1.165) is 40.7 Å². The summed E-state index contributed by atoms with van der Waals surface area (Å²) in [5, 5.41) is 3.90. The minimum atomic E-state index is -0.236. The molecule has 1 aliphatic carbocycles. The molecule has 5 nitrogen and oxygen atoms in total. The van der Waals surface area contributed by atoms with Gasteiger partial charge in [0.2, 0.25) is 0 Å². The second-order valence-corrected chi connectivity index (χ2v) is 11.1. The van der Waals surface area contributed by atoms with Gasteiger partial charge in [-0.1, -0.05) is 29.8 Å². The molecule has 3 heterocycles. The Kier molecular flexibility index (Phi) is 8.70. The number of nitrogens with zero attached hydrogens (tertiary/aromatic N) is 4. The molecule has 2 aliphatic rings. The van der Waals surface area contributed by atoms with Crippen molar-refractivity contribution < 1.29 is 4.39 Å². The van der Waals surface area contributed by atoms with Crippen LogP contribution in [0.15, 0.2) is 54.7 Å². The Balaban J connectivity index is 1.17. The number of hydrogen-bond donors (Lipinski definition) is 1. The fourth-order valence-electron chi connectivity index (χ4n) is 5.62. The van der Waals surface area contributed by atoms with E-state index in [1.165, 1.54) is 70.5 Å². The van der Waals surface area contributed by atoms with Gasteiger partial charge in [-0.05, 0) is 86.9 Å². The molecule has 1 saturated heterocycles. The van der Waals surface area contributed by atoms with Gasteiger partial charge in [0.05, 0.1) is 10.7 Å². The highest BCUT2D eigenvalue weighted by molar-refractivity contribution is 6.33. The molecule has 2 fully saturated rings. The third kappa shape index (κ3) is 7.28. The molecule has 196 valence electrons. The molecule has 0 bridgehead atoms. The molecule has 2 aromatic heterocycles. The summed E-state index contributed by atoms with van der Waals surface area (Å²) < 4.78 is 13.5. The number of halogens is 2. The van der Waals surface area contributed by atoms with Gasteiger partial charge in [-0.2, -0.15) is 0 Å². The monoisotopic (exact) mass is 521 g/mol. The third-order valence-corrected chi connectivity index (χ3v) is 8.18. The highest BCUT2D eigenvalue weighted by atomic mass is 35.5. The lowest BCUT2D eigenvalue weighted by molar-refractivity contribution is 0.119. The maximum atomic E-state index is 13.5. The summed E-state index contributed by atoms with van der Waals surface area (Å²) in [7, 11) is 2.22. The second kappa shape index (κ2) is 12.3. The topological polar surface area (TPSA) is 44.3 Å². The first kappa shape index (κ1) is 26.1. The number of anilines is 1. The fourth-order valence-corrected chi connectivity index (χ4v) is 5.82. The Bertz CT molecular complexity index is 1170. The summed E-state index contributed by atoms with van der Waals surface area (Å²) in [6, 6.07) is 14.6. The molecule has 37 heavy (non-hydrogen) atoms. The molecule has 1 aliphatic heterocycles. The van der Waals surface area contributed by atoms with Gasteiger partial charge in [0.1, 0.15) is 11.6 Å². The van der Waals surface area contributed by atoms with E-state index in [-0.39, 0.29) is 5.82 Å². The van der Waals surface area contributed by atoms with Crippen molar-refractivity contribution in [2.45, 2.75) is 38.6 Å². The molecule has 0 radical (unpaired) electrons. The summed E-state index contributed by atoms with van der Waals surface area (Å²) in [4.78, 5) is 14.5. The highest BCUT2D eigenvalue weighted by Gasteiger charge is 2.25. The van der Waals surface area contributed by atoms with Crippen molar-refractivity contribution in [3.05, 3.63) is 76.8 Å². The Morgan fingerprint density at radius 2 is 1.73 bits per heavy atom. The highest BCUT2D eigenvalue weighted by Crippen LogP contribution is 2.33. The van der Waals surface area contributed by atoms with E-state index in [2.05, 4.69) is 33.2 Å². The van der Waals surface area contributed by atoms with E-state index >= 15 is 0 Å². The maximum absolute atomic E-state index is 13.5. The van der Waals surface area contributed by atoms with Crippen molar-refractivity contribution in [1.29, 1.82) is 0 Å². The SMILES string of the molecule is CN1CCN(CC2CCC(Cc3cc(-c4cccc(NCc5cccc(F)c5)n4)c(Cl)cn3)CC2)CC1. The van der Waals surface area contributed by atoms with Crippen molar-refractivity contribution in [2.75, 3.05) is 45.1 Å². The van der Waals surface area contributed by atoms with Crippen LogP contribution in [-0.4, -0.2) is 59.5 Å². The number of hydrogen-bond acceptors (Lipinski definition) is 5. The number of benzene rings is 1. The summed E-state index contributed by atoms with van der Waals surface area (Å²) in [5.41, 5.74) is 3.68. The van der Waals surface area contributed by atoms with Crippen LogP contribution >= 0.6 is 11.6 Å². The normalized spacial score (nSPS) is 21.2. The van der Waals surface area contributed by atoms with Crippen LogP contribution in [0.3, 0.4) is 0 Å². The summed E-state index contributed by atoms with van der Waals surface area (Å²) in [6.45, 7) is 6.58. The zero-order valence-corrected chi connectivity index (χ0v) is 22.4. The first-order valence-electron chi connectivity index (χ1n) is 13.5. The third-order valence-electron chi connectivity index (χ3n) is 7.88. The second-order valence-electron chi connectivity index (χ2n) is 10.7. The molecule has 0 atom stereocenters. The minimum Gasteiger partial charge on any atom is -0.366 e. The van der Waals surface area contributed by atoms with E-state index in [1.54, 1.807) is 12.3 Å². The van der Waals surface area contributed by atoms with E-state index in [0.29, 0.717) is 17.5 Å². The zero-order chi connectivity index (χ0) is 25.6. The number of likely N-dealkylation sites (N-methyl/N-ethyl adjacent to an activating group) is 1. The lowest BCUT2D eigenvalue weighted by atomic mass is 9.79. The molecule has 5 rings (SSSR count). The minimum absolute atomic E-state index is 0.236. The largest absolute Gasteiger partial charge is 0.366 e. The van der Waals surface area contributed by atoms with Gasteiger partial charge in [0.15, 0.2) is 0 Å². The maximum Gasteiger partial charge on any atom is 0.126 e. The number of rotatable bonds is 8. The van der Waals surface area contributed by atoms with Crippen LogP contribution in [0.5, 0.6) is 0 Å². The molecule has 0 unspecified atom stereocenters. The lowest BCUT2D eigenvalue weighted by Crippen LogP contribution is -2.46. The van der Waals surface area contributed by atoms with Crippen molar-refractivity contribution in [2.24, 2.45) is 11.8 Å². The van der Waals surface area contributed by atoms with Gasteiger partial charge < -0.3 is 15.1 Å². The van der Waals surface area contributed by atoms with Crippen molar-refractivity contribution in [1.82, 2.24) is 19.8 Å². The van der Waals surface area contributed by atoms with Crippen molar-refractivity contribution in [3.8, 4) is 11.3 Å². The van der Waals surface area contributed by atoms with Gasteiger partial charge in [-0.25, -0.2) is 9.37 Å². The van der Waals surface area contributed by atoms with Gasteiger partial charge in [-0.15, -0.1) is 0 Å². The average Bonchev–Trinajstić information content (AvgIpc) is 2.91. The first-order valence-corrected chi connectivity index (χ1v) is 13.9. The number of nitrogens with one attached hydrogen (secondary N) is 1. The summed E-state index contributed by atoms with van der Waals surface area (Å²) in [6.07, 6.45) is 7.93. The molecular weight excluding hydrogens is 485 g/mol. The average molecular weight is 522 g/mol. The Morgan fingerprint density at radius 1 is 0.973 bits per heavy atom. The van der Waals surface area contributed by atoms with Crippen LogP contribution in [0.25, 0.3) is 11.3 Å². The van der Waals surface area contributed by atoms with Gasteiger partial charge in [0, 0.05) is 56.7 Å². The van der Waals surface area contributed by atoms with Crippen molar-refractivity contribution >= 4 is 17.4 Å². The standard InChI is InChI=1S/C30H37ClFN5/c1-36-12-14-37(15-13-36)21-23-10-8-22(9-11-23)17-26-18-27(28(31)20-33-26)29-6-3-7-30(35-29)34-19-24-4-2-5-25(32)16-24/h2-7,16,18,20,22-23H,8-15,17,19,21H2,1H3,(H,34,35). The van der Waals surface area contributed by atoms with E-state index < -0.39 is 0 Å². The van der Waals surface area contributed by atoms with Crippen LogP contribution in [0.2, 0.25) is 5.02 Å².